The molecule has 0 spiro atoms. The molecule has 0 saturated carbocycles. The first-order valence-corrected chi connectivity index (χ1v) is 7.85. The van der Waals surface area contributed by atoms with Crippen LogP contribution in [0.1, 0.15) is 11.5 Å². The summed E-state index contributed by atoms with van der Waals surface area (Å²) in [5.41, 5.74) is -0.333. The number of aromatic nitrogens is 1. The fourth-order valence-electron chi connectivity index (χ4n) is 2.69. The van der Waals surface area contributed by atoms with Crippen molar-refractivity contribution in [3.8, 4) is 5.75 Å². The second-order valence-corrected chi connectivity index (χ2v) is 6.16. The second-order valence-electron chi connectivity index (χ2n) is 6.16. The minimum absolute atomic E-state index is 0.0625. The summed E-state index contributed by atoms with van der Waals surface area (Å²) in [5.74, 6) is 0.937. The molecule has 7 heteroatoms. The van der Waals surface area contributed by atoms with Crippen molar-refractivity contribution in [3.05, 3.63) is 47.6 Å². The highest BCUT2D eigenvalue weighted by Gasteiger charge is 2.33. The van der Waals surface area contributed by atoms with Gasteiger partial charge in [-0.05, 0) is 31.2 Å². The molecule has 2 aromatic rings. The van der Waals surface area contributed by atoms with Gasteiger partial charge in [-0.25, -0.2) is 4.39 Å². The highest BCUT2D eigenvalue weighted by Crippen LogP contribution is 2.18. The van der Waals surface area contributed by atoms with Gasteiger partial charge in [0.2, 0.25) is 0 Å². The van der Waals surface area contributed by atoms with Crippen molar-refractivity contribution in [1.29, 1.82) is 0 Å². The molecule has 1 fully saturated rings. The number of aliphatic hydroxyl groups is 1. The van der Waals surface area contributed by atoms with E-state index in [4.69, 9.17) is 14.0 Å². The lowest BCUT2D eigenvalue weighted by molar-refractivity contribution is -0.0647. The molecule has 1 aliphatic rings. The fourth-order valence-corrected chi connectivity index (χ4v) is 2.69. The Morgan fingerprint density at radius 3 is 2.88 bits per heavy atom. The smallest absolute Gasteiger partial charge is 0.134 e. The summed E-state index contributed by atoms with van der Waals surface area (Å²) < 4.78 is 29.1. The molecule has 1 saturated heterocycles. The molecule has 130 valence electrons. The molecule has 1 N–H and O–H groups in total. The Labute approximate surface area is 139 Å². The number of hydrogen-bond acceptors (Lipinski definition) is 6. The van der Waals surface area contributed by atoms with Crippen molar-refractivity contribution in [2.45, 2.75) is 19.1 Å². The highest BCUT2D eigenvalue weighted by atomic mass is 19.1. The van der Waals surface area contributed by atoms with Gasteiger partial charge < -0.3 is 19.1 Å². The van der Waals surface area contributed by atoms with E-state index in [9.17, 15) is 9.50 Å². The number of halogens is 1. The van der Waals surface area contributed by atoms with Crippen LogP contribution in [0.5, 0.6) is 5.75 Å². The maximum Gasteiger partial charge on any atom is 0.134 e. The average Bonchev–Trinajstić information content (AvgIpc) is 2.86. The molecule has 0 radical (unpaired) electrons. The first-order chi connectivity index (χ1) is 11.5. The van der Waals surface area contributed by atoms with Crippen molar-refractivity contribution in [2.24, 2.45) is 0 Å². The van der Waals surface area contributed by atoms with Crippen molar-refractivity contribution < 1.29 is 23.5 Å². The number of aryl methyl sites for hydroxylation is 1. The summed E-state index contributed by atoms with van der Waals surface area (Å²) in [6.07, 6.45) is 0. The molecular formula is C17H21FN2O4. The minimum Gasteiger partial charge on any atom is -0.490 e. The third-order valence-corrected chi connectivity index (χ3v) is 3.82. The molecule has 1 atom stereocenters. The molecule has 0 aliphatic carbocycles. The van der Waals surface area contributed by atoms with Gasteiger partial charge >= 0.3 is 0 Å². The van der Waals surface area contributed by atoms with Gasteiger partial charge in [-0.3, -0.25) is 4.90 Å². The Balaban J connectivity index is 1.60. The molecule has 0 bridgehead atoms. The number of hydrogen-bond donors (Lipinski definition) is 1. The van der Waals surface area contributed by atoms with Crippen LogP contribution < -0.4 is 4.74 Å². The number of β-amino-alcohol motifs (C(OH)–C–C–N with tert-alkyl or cyclic N) is 1. The molecule has 1 aromatic heterocycles. The fraction of sp³-hybridized carbons (Fsp3) is 0.471. The highest BCUT2D eigenvalue weighted by molar-refractivity contribution is 5.22. The van der Waals surface area contributed by atoms with Crippen LogP contribution in [-0.2, 0) is 11.3 Å². The number of ether oxygens (including phenoxy) is 2. The van der Waals surface area contributed by atoms with Gasteiger partial charge in [0, 0.05) is 25.7 Å². The second kappa shape index (κ2) is 7.29. The molecule has 3 rings (SSSR count). The van der Waals surface area contributed by atoms with Crippen LogP contribution in [0.2, 0.25) is 0 Å². The van der Waals surface area contributed by atoms with Crippen LogP contribution in [0, 0.1) is 12.7 Å². The largest absolute Gasteiger partial charge is 0.490 e. The average molecular weight is 336 g/mol. The quantitative estimate of drug-likeness (QED) is 0.897. The molecule has 1 unspecified atom stereocenters. The van der Waals surface area contributed by atoms with Gasteiger partial charge in [0.05, 0.1) is 18.9 Å². The van der Waals surface area contributed by atoms with E-state index < -0.39 is 5.60 Å². The van der Waals surface area contributed by atoms with E-state index in [2.05, 4.69) is 10.1 Å². The Morgan fingerprint density at radius 1 is 1.38 bits per heavy atom. The van der Waals surface area contributed by atoms with E-state index >= 15 is 0 Å². The van der Waals surface area contributed by atoms with Gasteiger partial charge in [-0.15, -0.1) is 0 Å². The van der Waals surface area contributed by atoms with E-state index in [0.717, 1.165) is 11.5 Å². The standard InChI is InChI=1S/C17H21FN2O4/c1-13-8-15(19-24-13)9-20-6-7-22-11-17(21,10-20)12-23-16-4-2-14(18)3-5-16/h2-5,8,21H,6-7,9-12H2,1H3. The molecule has 0 amide bonds. The SMILES string of the molecule is Cc1cc(CN2CCOCC(O)(COc3ccc(F)cc3)C2)no1. The zero-order chi connectivity index (χ0) is 17.0. The van der Waals surface area contributed by atoms with Crippen molar-refractivity contribution in [2.75, 3.05) is 32.9 Å². The van der Waals surface area contributed by atoms with E-state index in [1.54, 1.807) is 0 Å². The maximum atomic E-state index is 12.9. The summed E-state index contributed by atoms with van der Waals surface area (Å²) >= 11 is 0. The van der Waals surface area contributed by atoms with Gasteiger partial charge in [-0.1, -0.05) is 5.16 Å². The third-order valence-electron chi connectivity index (χ3n) is 3.82. The molecule has 1 aromatic carbocycles. The summed E-state index contributed by atoms with van der Waals surface area (Å²) in [5, 5.41) is 14.8. The van der Waals surface area contributed by atoms with Gasteiger partial charge in [0.25, 0.3) is 0 Å². The van der Waals surface area contributed by atoms with Crippen LogP contribution in [0.25, 0.3) is 0 Å². The molecular weight excluding hydrogens is 315 g/mol. The first-order valence-electron chi connectivity index (χ1n) is 7.85. The molecule has 2 heterocycles. The third kappa shape index (κ3) is 4.53. The molecule has 6 nitrogen and oxygen atoms in total. The Kier molecular flexibility index (Phi) is 5.13. The monoisotopic (exact) mass is 336 g/mol. The van der Waals surface area contributed by atoms with Crippen LogP contribution >= 0.6 is 0 Å². The van der Waals surface area contributed by atoms with E-state index in [-0.39, 0.29) is 19.0 Å². The molecule has 24 heavy (non-hydrogen) atoms. The minimum atomic E-state index is -1.15. The lowest BCUT2D eigenvalue weighted by Crippen LogP contribution is -2.48. The van der Waals surface area contributed by atoms with Crippen molar-refractivity contribution in [3.63, 3.8) is 0 Å². The number of benzene rings is 1. The van der Waals surface area contributed by atoms with Crippen LogP contribution in [0.15, 0.2) is 34.9 Å². The summed E-state index contributed by atoms with van der Waals surface area (Å²) in [6.45, 7) is 4.25. The number of nitrogens with zero attached hydrogens (tertiary/aromatic N) is 2. The number of rotatable bonds is 5. The van der Waals surface area contributed by atoms with Crippen molar-refractivity contribution >= 4 is 0 Å². The lowest BCUT2D eigenvalue weighted by Gasteiger charge is -2.30. The van der Waals surface area contributed by atoms with E-state index in [0.29, 0.717) is 32.0 Å². The van der Waals surface area contributed by atoms with Gasteiger partial charge in [0.15, 0.2) is 0 Å². The summed E-state index contributed by atoms with van der Waals surface area (Å²) in [7, 11) is 0. The summed E-state index contributed by atoms with van der Waals surface area (Å²) in [6, 6.07) is 7.59. The van der Waals surface area contributed by atoms with Gasteiger partial charge in [0.1, 0.15) is 29.5 Å². The van der Waals surface area contributed by atoms with Crippen LogP contribution in [-0.4, -0.2) is 53.7 Å². The predicted molar refractivity (Wildman–Crippen MR) is 84.2 cm³/mol. The summed E-state index contributed by atoms with van der Waals surface area (Å²) in [4.78, 5) is 2.05. The predicted octanol–water partition coefficient (Wildman–Crippen LogP) is 1.76. The molecule has 1 aliphatic heterocycles. The van der Waals surface area contributed by atoms with E-state index in [1.165, 1.54) is 24.3 Å². The first kappa shape index (κ1) is 16.9. The Hall–Kier alpha value is -1.96. The Morgan fingerprint density at radius 2 is 2.17 bits per heavy atom. The Bertz CT molecular complexity index is 661. The van der Waals surface area contributed by atoms with Crippen LogP contribution in [0.3, 0.4) is 0 Å². The maximum absolute atomic E-state index is 12.9. The van der Waals surface area contributed by atoms with E-state index in [1.807, 2.05) is 13.0 Å². The zero-order valence-electron chi connectivity index (χ0n) is 13.6. The lowest BCUT2D eigenvalue weighted by atomic mass is 10.1. The van der Waals surface area contributed by atoms with Crippen molar-refractivity contribution in [1.82, 2.24) is 10.1 Å². The normalized spacial score (nSPS) is 22.3. The topological polar surface area (TPSA) is 68.0 Å². The van der Waals surface area contributed by atoms with Gasteiger partial charge in [-0.2, -0.15) is 0 Å². The van der Waals surface area contributed by atoms with Crippen LogP contribution in [0.4, 0.5) is 4.39 Å². The zero-order valence-corrected chi connectivity index (χ0v) is 13.6.